The second kappa shape index (κ2) is 5.23. The third-order valence-electron chi connectivity index (χ3n) is 1.39. The number of carboxylic acids is 1. The number of carbonyl (C=O) groups is 1. The molecule has 5 heteroatoms. The summed E-state index contributed by atoms with van der Waals surface area (Å²) < 4.78 is -1.96. The summed E-state index contributed by atoms with van der Waals surface area (Å²) in [4.78, 5) is 10.4. The molecule has 0 unspecified atom stereocenters. The smallest absolute Gasteiger partial charge is 0.546 e. The Morgan fingerprint density at radius 1 is 1.23 bits per heavy atom. The number of rotatable bonds is 2. The van der Waals surface area contributed by atoms with Crippen molar-refractivity contribution in [2.75, 3.05) is 0 Å². The van der Waals surface area contributed by atoms with Crippen molar-refractivity contribution in [2.45, 2.75) is 4.33 Å². The number of alkyl halides is 2. The SMILES string of the molecule is O=C([O-])C(Cl)(Cl)c1ccccc1.[Na+]. The number of hydrogen-bond donors (Lipinski definition) is 0. The van der Waals surface area contributed by atoms with Gasteiger partial charge in [0.25, 0.3) is 0 Å². The van der Waals surface area contributed by atoms with Crippen LogP contribution in [0.3, 0.4) is 0 Å². The van der Waals surface area contributed by atoms with Crippen molar-refractivity contribution in [2.24, 2.45) is 0 Å². The fraction of sp³-hybridized carbons (Fsp3) is 0.125. The largest absolute Gasteiger partial charge is 1.00 e. The molecule has 0 aromatic heterocycles. The zero-order valence-electron chi connectivity index (χ0n) is 6.96. The molecule has 0 amide bonds. The van der Waals surface area contributed by atoms with E-state index in [9.17, 15) is 9.90 Å². The van der Waals surface area contributed by atoms with Crippen LogP contribution in [0, 0.1) is 0 Å². The van der Waals surface area contributed by atoms with Gasteiger partial charge in [-0.2, -0.15) is 0 Å². The van der Waals surface area contributed by atoms with E-state index in [0.29, 0.717) is 5.56 Å². The van der Waals surface area contributed by atoms with E-state index in [1.165, 1.54) is 12.1 Å². The quantitative estimate of drug-likeness (QED) is 0.436. The summed E-state index contributed by atoms with van der Waals surface area (Å²) in [6.45, 7) is 0. The van der Waals surface area contributed by atoms with Crippen LogP contribution in [0.1, 0.15) is 5.56 Å². The summed E-state index contributed by atoms with van der Waals surface area (Å²) in [7, 11) is 0. The molecular weight excluding hydrogens is 222 g/mol. The molecule has 0 radical (unpaired) electrons. The predicted molar refractivity (Wildman–Crippen MR) is 44.8 cm³/mol. The predicted octanol–water partition coefficient (Wildman–Crippen LogP) is -1.93. The molecule has 64 valence electrons. The van der Waals surface area contributed by atoms with Gasteiger partial charge in [0, 0.05) is 0 Å². The van der Waals surface area contributed by atoms with Gasteiger partial charge in [-0.05, 0) is 5.56 Å². The number of hydrogen-bond acceptors (Lipinski definition) is 2. The van der Waals surface area contributed by atoms with E-state index in [0.717, 1.165) is 0 Å². The van der Waals surface area contributed by atoms with Gasteiger partial charge >= 0.3 is 29.6 Å². The van der Waals surface area contributed by atoms with Crippen molar-refractivity contribution in [1.82, 2.24) is 0 Å². The van der Waals surface area contributed by atoms with Crippen LogP contribution in [-0.4, -0.2) is 5.97 Å². The molecule has 0 bridgehead atoms. The molecule has 13 heavy (non-hydrogen) atoms. The normalized spacial score (nSPS) is 10.3. The van der Waals surface area contributed by atoms with E-state index in [1.54, 1.807) is 18.2 Å². The maximum atomic E-state index is 10.4. The molecule has 0 N–H and O–H groups in total. The Morgan fingerprint density at radius 3 is 2.08 bits per heavy atom. The van der Waals surface area contributed by atoms with Crippen molar-refractivity contribution in [1.29, 1.82) is 0 Å². The zero-order chi connectivity index (χ0) is 9.19. The van der Waals surface area contributed by atoms with Crippen molar-refractivity contribution < 1.29 is 39.5 Å². The van der Waals surface area contributed by atoms with Crippen LogP contribution in [0.15, 0.2) is 30.3 Å². The molecule has 0 aliphatic rings. The van der Waals surface area contributed by atoms with Gasteiger partial charge in [0.05, 0.1) is 5.97 Å². The fourth-order valence-corrected chi connectivity index (χ4v) is 1.02. The third kappa shape index (κ3) is 3.15. The molecule has 0 saturated carbocycles. The Hall–Kier alpha value is 0.270. The molecule has 2 nitrogen and oxygen atoms in total. The molecule has 1 aromatic carbocycles. The molecule has 0 aliphatic carbocycles. The number of aliphatic carboxylic acids is 1. The monoisotopic (exact) mass is 226 g/mol. The summed E-state index contributed by atoms with van der Waals surface area (Å²) in [5, 5.41) is 10.4. The Labute approximate surface area is 108 Å². The first-order chi connectivity index (χ1) is 5.55. The minimum absolute atomic E-state index is 0. The molecule has 0 aliphatic heterocycles. The number of carboxylic acid groups (broad SMARTS) is 1. The molecule has 0 fully saturated rings. The fourth-order valence-electron chi connectivity index (χ4n) is 0.765. The summed E-state index contributed by atoms with van der Waals surface area (Å²) in [6.07, 6.45) is 0. The maximum Gasteiger partial charge on any atom is 1.00 e. The van der Waals surface area contributed by atoms with E-state index in [4.69, 9.17) is 23.2 Å². The Kier molecular flexibility index (Phi) is 5.33. The van der Waals surface area contributed by atoms with Crippen molar-refractivity contribution in [3.8, 4) is 0 Å². The van der Waals surface area contributed by atoms with Crippen LogP contribution in [0.5, 0.6) is 0 Å². The van der Waals surface area contributed by atoms with Gasteiger partial charge in [-0.25, -0.2) is 0 Å². The van der Waals surface area contributed by atoms with Gasteiger partial charge in [0.2, 0.25) is 0 Å². The molecular formula is C8H5Cl2NaO2. The van der Waals surface area contributed by atoms with Gasteiger partial charge in [0.15, 0.2) is 4.33 Å². The minimum Gasteiger partial charge on any atom is -0.546 e. The molecule has 1 aromatic rings. The second-order valence-electron chi connectivity index (χ2n) is 2.23. The van der Waals surface area contributed by atoms with Crippen LogP contribution < -0.4 is 34.7 Å². The summed E-state index contributed by atoms with van der Waals surface area (Å²) >= 11 is 11.0. The first-order valence-corrected chi connectivity index (χ1v) is 3.95. The van der Waals surface area contributed by atoms with Gasteiger partial charge in [-0.15, -0.1) is 0 Å². The van der Waals surface area contributed by atoms with E-state index in [1.807, 2.05) is 0 Å². The number of carbonyl (C=O) groups excluding carboxylic acids is 1. The number of halogens is 2. The average Bonchev–Trinajstić information content (AvgIpc) is 2.06. The maximum absolute atomic E-state index is 10.4. The molecule has 1 rings (SSSR count). The molecule has 0 heterocycles. The second-order valence-corrected chi connectivity index (χ2v) is 3.56. The van der Waals surface area contributed by atoms with Crippen molar-refractivity contribution in [3.05, 3.63) is 35.9 Å². The van der Waals surface area contributed by atoms with Gasteiger partial charge in [-0.1, -0.05) is 53.5 Å². The molecule has 0 saturated heterocycles. The first-order valence-electron chi connectivity index (χ1n) is 3.20. The van der Waals surface area contributed by atoms with Crippen LogP contribution in [0.2, 0.25) is 0 Å². The standard InChI is InChI=1S/C8H6Cl2O2.Na/c9-8(10,7(11)12)6-4-2-1-3-5-6;/h1-5H,(H,11,12);/q;+1/p-1. The summed E-state index contributed by atoms with van der Waals surface area (Å²) in [6, 6.07) is 8.09. The number of benzene rings is 1. The summed E-state index contributed by atoms with van der Waals surface area (Å²) in [5.41, 5.74) is 0.299. The average molecular weight is 227 g/mol. The minimum atomic E-state index is -1.96. The van der Waals surface area contributed by atoms with Crippen LogP contribution in [0.4, 0.5) is 0 Å². The van der Waals surface area contributed by atoms with Crippen LogP contribution >= 0.6 is 23.2 Å². The van der Waals surface area contributed by atoms with Gasteiger partial charge < -0.3 is 9.90 Å². The topological polar surface area (TPSA) is 40.1 Å². The van der Waals surface area contributed by atoms with Crippen molar-refractivity contribution in [3.63, 3.8) is 0 Å². The first kappa shape index (κ1) is 13.3. The van der Waals surface area contributed by atoms with Gasteiger partial charge in [0.1, 0.15) is 0 Å². The van der Waals surface area contributed by atoms with E-state index >= 15 is 0 Å². The van der Waals surface area contributed by atoms with Crippen LogP contribution in [0.25, 0.3) is 0 Å². The zero-order valence-corrected chi connectivity index (χ0v) is 10.5. The van der Waals surface area contributed by atoms with Crippen LogP contribution in [-0.2, 0) is 9.13 Å². The molecule has 0 atom stereocenters. The Balaban J connectivity index is 0.00000144. The van der Waals surface area contributed by atoms with Crippen molar-refractivity contribution >= 4 is 29.2 Å². The van der Waals surface area contributed by atoms with Gasteiger partial charge in [-0.3, -0.25) is 0 Å². The third-order valence-corrected chi connectivity index (χ3v) is 2.14. The van der Waals surface area contributed by atoms with E-state index < -0.39 is 10.3 Å². The van der Waals surface area contributed by atoms with E-state index in [2.05, 4.69) is 0 Å². The molecule has 0 spiro atoms. The Bertz CT molecular complexity index is 287. The summed E-state index contributed by atoms with van der Waals surface area (Å²) in [5.74, 6) is -1.52. The Morgan fingerprint density at radius 2 is 1.69 bits per heavy atom. The van der Waals surface area contributed by atoms with E-state index in [-0.39, 0.29) is 29.6 Å².